The van der Waals surface area contributed by atoms with Gasteiger partial charge in [-0.15, -0.1) is 0 Å². The minimum Gasteiger partial charge on any atom is -0.347 e. The van der Waals surface area contributed by atoms with E-state index >= 15 is 0 Å². The van der Waals surface area contributed by atoms with Crippen LogP contribution in [0.5, 0.6) is 0 Å². The number of carbonyl (C=O) groups excluding carboxylic acids is 1. The first kappa shape index (κ1) is 13.1. The predicted octanol–water partition coefficient (Wildman–Crippen LogP) is 1.81. The Hall–Kier alpha value is -1.59. The minimum atomic E-state index is -0.109. The zero-order valence-corrected chi connectivity index (χ0v) is 12.4. The summed E-state index contributed by atoms with van der Waals surface area (Å²) in [7, 11) is 0. The van der Waals surface area contributed by atoms with Gasteiger partial charge in [0.25, 0.3) is 5.91 Å². The van der Waals surface area contributed by atoms with E-state index in [2.05, 4.69) is 15.2 Å². The Morgan fingerprint density at radius 2 is 2.33 bits per heavy atom. The Balaban J connectivity index is 1.52. The molecule has 1 N–H and O–H groups in total. The molecule has 0 spiro atoms. The third kappa shape index (κ3) is 2.40. The topological polar surface area (TPSA) is 49.6 Å². The highest BCUT2D eigenvalue weighted by Crippen LogP contribution is 2.27. The van der Waals surface area contributed by atoms with Gasteiger partial charge in [0.1, 0.15) is 12.0 Å². The molecule has 110 valence electrons. The van der Waals surface area contributed by atoms with E-state index in [0.29, 0.717) is 10.7 Å². The Bertz CT molecular complexity index is 686. The summed E-state index contributed by atoms with van der Waals surface area (Å²) in [6, 6.07) is 3.78. The standard InChI is InChI=1S/C15H17ClN4O/c16-12-2-4-20-9-17-13(6-14(12)20)15(21)18-11-5-10-1-3-19(7-10)8-11/h2,4,6,9-11H,1,3,5,7-8H2,(H,18,21)/t10-,11-/m1/s1. The van der Waals surface area contributed by atoms with Gasteiger partial charge in [-0.05, 0) is 37.4 Å². The van der Waals surface area contributed by atoms with E-state index in [0.717, 1.165) is 24.4 Å². The molecular formula is C15H17ClN4O. The predicted molar refractivity (Wildman–Crippen MR) is 80.6 cm³/mol. The van der Waals surface area contributed by atoms with Crippen molar-refractivity contribution in [3.63, 3.8) is 0 Å². The van der Waals surface area contributed by atoms with Gasteiger partial charge in [-0.3, -0.25) is 4.79 Å². The van der Waals surface area contributed by atoms with Gasteiger partial charge in [0.2, 0.25) is 0 Å². The summed E-state index contributed by atoms with van der Waals surface area (Å²) in [5, 5.41) is 3.75. The van der Waals surface area contributed by atoms with E-state index < -0.39 is 0 Å². The van der Waals surface area contributed by atoms with Crippen molar-refractivity contribution in [2.75, 3.05) is 19.6 Å². The second-order valence-electron chi connectivity index (χ2n) is 6.05. The van der Waals surface area contributed by atoms with Crippen LogP contribution < -0.4 is 5.32 Å². The van der Waals surface area contributed by atoms with Crippen LogP contribution in [-0.4, -0.2) is 45.9 Å². The molecule has 5 nitrogen and oxygen atoms in total. The number of nitrogens with zero attached hydrogens (tertiary/aromatic N) is 3. The number of aromatic nitrogens is 2. The molecule has 2 saturated heterocycles. The molecule has 0 saturated carbocycles. The first-order chi connectivity index (χ1) is 10.2. The fourth-order valence-corrected chi connectivity index (χ4v) is 3.73. The molecule has 2 aliphatic rings. The number of amides is 1. The van der Waals surface area contributed by atoms with Crippen LogP contribution >= 0.6 is 11.6 Å². The first-order valence-electron chi connectivity index (χ1n) is 7.34. The highest BCUT2D eigenvalue weighted by atomic mass is 35.5. The van der Waals surface area contributed by atoms with Crippen molar-refractivity contribution in [3.8, 4) is 0 Å². The average molecular weight is 305 g/mol. The van der Waals surface area contributed by atoms with Gasteiger partial charge in [0.15, 0.2) is 0 Å². The molecule has 4 heterocycles. The molecule has 3 atom stereocenters. The van der Waals surface area contributed by atoms with Crippen LogP contribution in [0, 0.1) is 5.92 Å². The highest BCUT2D eigenvalue weighted by molar-refractivity contribution is 6.34. The van der Waals surface area contributed by atoms with Crippen LogP contribution in [-0.2, 0) is 0 Å². The summed E-state index contributed by atoms with van der Waals surface area (Å²) >= 11 is 6.10. The summed E-state index contributed by atoms with van der Waals surface area (Å²) in [6.07, 6.45) is 5.80. The number of carbonyl (C=O) groups is 1. The maximum atomic E-state index is 12.4. The van der Waals surface area contributed by atoms with Gasteiger partial charge in [-0.25, -0.2) is 4.98 Å². The van der Waals surface area contributed by atoms with E-state index in [1.807, 2.05) is 10.6 Å². The van der Waals surface area contributed by atoms with Crippen LogP contribution in [0.2, 0.25) is 5.02 Å². The molecule has 2 bridgehead atoms. The number of hydrogen-bond donors (Lipinski definition) is 1. The molecule has 4 rings (SSSR count). The van der Waals surface area contributed by atoms with Gasteiger partial charge in [-0.2, -0.15) is 0 Å². The van der Waals surface area contributed by atoms with Crippen molar-refractivity contribution in [1.82, 2.24) is 19.6 Å². The van der Waals surface area contributed by atoms with Crippen LogP contribution in [0.3, 0.4) is 0 Å². The van der Waals surface area contributed by atoms with Gasteiger partial charge >= 0.3 is 0 Å². The van der Waals surface area contributed by atoms with E-state index in [9.17, 15) is 4.79 Å². The lowest BCUT2D eigenvalue weighted by molar-refractivity contribution is 0.0904. The van der Waals surface area contributed by atoms with Gasteiger partial charge in [0, 0.05) is 25.3 Å². The average Bonchev–Trinajstić information content (AvgIpc) is 3.02. The SMILES string of the molecule is O=C(N[C@@H]1C[C@H]2CCN(C2)C1)c1cc2c(Cl)ccn2cn1. The smallest absolute Gasteiger partial charge is 0.270 e. The third-order valence-corrected chi connectivity index (χ3v) is 4.85. The van der Waals surface area contributed by atoms with Crippen molar-refractivity contribution in [1.29, 1.82) is 0 Å². The Kier molecular flexibility index (Phi) is 3.12. The van der Waals surface area contributed by atoms with E-state index in [1.54, 1.807) is 18.5 Å². The number of rotatable bonds is 2. The van der Waals surface area contributed by atoms with Crippen LogP contribution in [0.1, 0.15) is 23.3 Å². The van der Waals surface area contributed by atoms with Crippen molar-refractivity contribution in [3.05, 3.63) is 35.4 Å². The maximum Gasteiger partial charge on any atom is 0.270 e. The molecule has 2 aromatic heterocycles. The second kappa shape index (κ2) is 5.00. The lowest BCUT2D eigenvalue weighted by Gasteiger charge is -2.30. The molecule has 0 aliphatic carbocycles. The minimum absolute atomic E-state index is 0.109. The van der Waals surface area contributed by atoms with E-state index in [4.69, 9.17) is 11.6 Å². The molecule has 2 aromatic rings. The van der Waals surface area contributed by atoms with E-state index in [-0.39, 0.29) is 11.9 Å². The monoisotopic (exact) mass is 304 g/mol. The Morgan fingerprint density at radius 3 is 3.19 bits per heavy atom. The number of fused-ring (bicyclic) bond motifs is 3. The van der Waals surface area contributed by atoms with E-state index in [1.165, 1.54) is 19.5 Å². The van der Waals surface area contributed by atoms with Crippen LogP contribution in [0.15, 0.2) is 24.7 Å². The van der Waals surface area contributed by atoms with Crippen LogP contribution in [0.4, 0.5) is 0 Å². The van der Waals surface area contributed by atoms with Crippen LogP contribution in [0.25, 0.3) is 5.52 Å². The fraction of sp³-hybridized carbons (Fsp3) is 0.467. The molecule has 2 fully saturated rings. The van der Waals surface area contributed by atoms with Gasteiger partial charge in [0.05, 0.1) is 10.5 Å². The molecule has 0 aromatic carbocycles. The van der Waals surface area contributed by atoms with Crippen molar-refractivity contribution in [2.45, 2.75) is 18.9 Å². The number of piperidine rings is 1. The molecule has 0 radical (unpaired) electrons. The molecule has 1 unspecified atom stereocenters. The normalized spacial score (nSPS) is 28.0. The number of nitrogens with one attached hydrogen (secondary N) is 1. The van der Waals surface area contributed by atoms with Crippen molar-refractivity contribution >= 4 is 23.0 Å². The molecule has 21 heavy (non-hydrogen) atoms. The summed E-state index contributed by atoms with van der Waals surface area (Å²) in [5.74, 6) is 0.627. The number of hydrogen-bond acceptors (Lipinski definition) is 3. The Labute approximate surface area is 127 Å². The lowest BCUT2D eigenvalue weighted by Crippen LogP contribution is -2.47. The summed E-state index contributed by atoms with van der Waals surface area (Å²) in [6.45, 7) is 3.31. The third-order valence-electron chi connectivity index (χ3n) is 4.53. The summed E-state index contributed by atoms with van der Waals surface area (Å²) < 4.78 is 1.81. The van der Waals surface area contributed by atoms with Gasteiger partial charge in [-0.1, -0.05) is 11.6 Å². The largest absolute Gasteiger partial charge is 0.347 e. The molecule has 1 amide bonds. The lowest BCUT2D eigenvalue weighted by atomic mass is 9.97. The summed E-state index contributed by atoms with van der Waals surface area (Å²) in [4.78, 5) is 19.0. The molecule has 2 aliphatic heterocycles. The number of halogens is 1. The molecule has 6 heteroatoms. The van der Waals surface area contributed by atoms with Crippen molar-refractivity contribution < 1.29 is 4.79 Å². The summed E-state index contributed by atoms with van der Waals surface area (Å²) in [5.41, 5.74) is 1.24. The van der Waals surface area contributed by atoms with Gasteiger partial charge < -0.3 is 14.6 Å². The zero-order valence-electron chi connectivity index (χ0n) is 11.6. The quantitative estimate of drug-likeness (QED) is 0.920. The Morgan fingerprint density at radius 1 is 1.43 bits per heavy atom. The second-order valence-corrected chi connectivity index (χ2v) is 6.46. The fourth-order valence-electron chi connectivity index (χ4n) is 3.52. The highest BCUT2D eigenvalue weighted by Gasteiger charge is 2.33. The molecular weight excluding hydrogens is 288 g/mol. The first-order valence-corrected chi connectivity index (χ1v) is 7.72. The van der Waals surface area contributed by atoms with Crippen molar-refractivity contribution in [2.24, 2.45) is 5.92 Å². The maximum absolute atomic E-state index is 12.4. The zero-order chi connectivity index (χ0) is 14.4.